The van der Waals surface area contributed by atoms with Crippen LogP contribution in [0, 0.1) is 6.42 Å². The maximum absolute atomic E-state index is 4.12. The van der Waals surface area contributed by atoms with Crippen molar-refractivity contribution in [3.63, 3.8) is 0 Å². The van der Waals surface area contributed by atoms with Crippen LogP contribution in [0.15, 0.2) is 23.1 Å². The van der Waals surface area contributed by atoms with Crippen LogP contribution in [0.4, 0.5) is 0 Å². The largest absolute Gasteiger partial charge is 0.148 e. The molecule has 1 radical (unpaired) electrons. The Morgan fingerprint density at radius 3 is 2.71 bits per heavy atom. The third kappa shape index (κ3) is 1.39. The quantitative estimate of drug-likeness (QED) is 0.454. The maximum atomic E-state index is 4.12. The van der Waals surface area contributed by atoms with E-state index in [0.717, 1.165) is 11.3 Å². The molecule has 7 heavy (non-hydrogen) atoms. The van der Waals surface area contributed by atoms with Crippen molar-refractivity contribution in [2.45, 2.75) is 6.42 Å². The van der Waals surface area contributed by atoms with Crippen molar-refractivity contribution in [2.24, 2.45) is 0 Å². The lowest BCUT2D eigenvalue weighted by Gasteiger charge is -1.97. The Balaban J connectivity index is 2.57. The van der Waals surface area contributed by atoms with Crippen LogP contribution in [0.2, 0.25) is 0 Å². The van der Waals surface area contributed by atoms with Gasteiger partial charge in [-0.25, -0.2) is 0 Å². The van der Waals surface area contributed by atoms with Crippen LogP contribution in [0.3, 0.4) is 0 Å². The first-order valence-corrected chi connectivity index (χ1v) is 2.73. The highest BCUT2D eigenvalue weighted by atomic mass is 32.1. The summed E-state index contributed by atoms with van der Waals surface area (Å²) in [5, 5.41) is 0. The van der Waals surface area contributed by atoms with Gasteiger partial charge in [-0.3, -0.25) is 0 Å². The van der Waals surface area contributed by atoms with Gasteiger partial charge in [-0.15, -0.1) is 12.6 Å². The summed E-state index contributed by atoms with van der Waals surface area (Å²) < 4.78 is 0. The molecule has 1 aliphatic rings. The Labute approximate surface area is 49.3 Å². The first-order chi connectivity index (χ1) is 3.39. The van der Waals surface area contributed by atoms with Crippen LogP contribution in [0.1, 0.15) is 6.42 Å². The molecule has 37 valence electrons. The van der Waals surface area contributed by atoms with Crippen LogP contribution < -0.4 is 0 Å². The molecule has 0 aromatic carbocycles. The van der Waals surface area contributed by atoms with Gasteiger partial charge in [-0.05, 0) is 11.3 Å². The van der Waals surface area contributed by atoms with Gasteiger partial charge in [0.1, 0.15) is 0 Å². The molecular formula is C6H7S. The summed E-state index contributed by atoms with van der Waals surface area (Å²) in [5.74, 6) is 0. The van der Waals surface area contributed by atoms with Gasteiger partial charge in [0.25, 0.3) is 0 Å². The first kappa shape index (κ1) is 4.98. The lowest BCUT2D eigenvalue weighted by molar-refractivity contribution is 1.25. The lowest BCUT2D eigenvalue weighted by Crippen LogP contribution is -1.77. The van der Waals surface area contributed by atoms with E-state index >= 15 is 0 Å². The van der Waals surface area contributed by atoms with E-state index in [1.54, 1.807) is 0 Å². The fourth-order valence-electron chi connectivity index (χ4n) is 0.502. The summed E-state index contributed by atoms with van der Waals surface area (Å²) in [6.45, 7) is 0. The second-order valence-electron chi connectivity index (χ2n) is 1.46. The predicted octanol–water partition coefficient (Wildman–Crippen LogP) is 1.96. The zero-order valence-corrected chi connectivity index (χ0v) is 4.86. The zero-order chi connectivity index (χ0) is 5.11. The van der Waals surface area contributed by atoms with Gasteiger partial charge in [-0.1, -0.05) is 18.2 Å². The molecule has 1 rings (SSSR count). The number of hydrogen-bond acceptors (Lipinski definition) is 1. The van der Waals surface area contributed by atoms with Crippen molar-refractivity contribution in [1.82, 2.24) is 0 Å². The summed E-state index contributed by atoms with van der Waals surface area (Å²) in [6, 6.07) is 0. The molecule has 0 saturated carbocycles. The van der Waals surface area contributed by atoms with E-state index in [9.17, 15) is 0 Å². The monoisotopic (exact) mass is 111 g/mol. The predicted molar refractivity (Wildman–Crippen MR) is 35.1 cm³/mol. The molecule has 0 N–H and O–H groups in total. The minimum atomic E-state index is 1.04. The normalized spacial score (nSPS) is 19.3. The zero-order valence-electron chi connectivity index (χ0n) is 3.96. The van der Waals surface area contributed by atoms with Crippen molar-refractivity contribution < 1.29 is 0 Å². The molecule has 0 aliphatic heterocycles. The fourth-order valence-corrected chi connectivity index (χ4v) is 0.694. The highest BCUT2D eigenvalue weighted by Gasteiger charge is 1.90. The van der Waals surface area contributed by atoms with Crippen LogP contribution in [-0.2, 0) is 0 Å². The van der Waals surface area contributed by atoms with Crippen molar-refractivity contribution in [3.8, 4) is 0 Å². The lowest BCUT2D eigenvalue weighted by atomic mass is 10.2. The minimum Gasteiger partial charge on any atom is -0.148 e. The van der Waals surface area contributed by atoms with E-state index in [-0.39, 0.29) is 0 Å². The molecule has 0 aromatic rings. The molecule has 0 atom stereocenters. The topological polar surface area (TPSA) is 0 Å². The smallest absolute Gasteiger partial charge is 0.000691 e. The molecule has 0 amide bonds. The summed E-state index contributed by atoms with van der Waals surface area (Å²) >= 11 is 4.12. The van der Waals surface area contributed by atoms with Crippen molar-refractivity contribution in [2.75, 3.05) is 0 Å². The van der Waals surface area contributed by atoms with Crippen LogP contribution in [0.25, 0.3) is 0 Å². The van der Waals surface area contributed by atoms with E-state index in [0.29, 0.717) is 0 Å². The van der Waals surface area contributed by atoms with Crippen molar-refractivity contribution in [3.05, 3.63) is 29.6 Å². The first-order valence-electron chi connectivity index (χ1n) is 2.28. The third-order valence-corrected chi connectivity index (χ3v) is 1.20. The molecule has 1 aliphatic carbocycles. The van der Waals surface area contributed by atoms with Gasteiger partial charge >= 0.3 is 0 Å². The molecule has 0 unspecified atom stereocenters. The second kappa shape index (κ2) is 2.22. The van der Waals surface area contributed by atoms with Crippen LogP contribution in [-0.4, -0.2) is 0 Å². The Morgan fingerprint density at radius 1 is 1.57 bits per heavy atom. The standard InChI is InChI=1S/C6H7S/c7-6-4-2-1-3-5-6/h1-2,4-5,7H,3H2. The number of allylic oxidation sites excluding steroid dienone is 4. The average molecular weight is 111 g/mol. The van der Waals surface area contributed by atoms with Gasteiger partial charge in [0, 0.05) is 6.42 Å². The Kier molecular flexibility index (Phi) is 1.58. The number of thiol groups is 1. The van der Waals surface area contributed by atoms with Crippen LogP contribution in [0.5, 0.6) is 0 Å². The van der Waals surface area contributed by atoms with Crippen molar-refractivity contribution in [1.29, 1.82) is 0 Å². The molecule has 0 saturated heterocycles. The summed E-state index contributed by atoms with van der Waals surface area (Å²) in [6.07, 6.45) is 9.20. The van der Waals surface area contributed by atoms with Gasteiger partial charge in [0.05, 0.1) is 0 Å². The summed E-state index contributed by atoms with van der Waals surface area (Å²) in [7, 11) is 0. The highest BCUT2D eigenvalue weighted by Crippen LogP contribution is 2.12. The minimum absolute atomic E-state index is 1.04. The van der Waals surface area contributed by atoms with Gasteiger partial charge in [0.2, 0.25) is 0 Å². The Bertz CT molecular complexity index is 111. The van der Waals surface area contributed by atoms with E-state index in [2.05, 4.69) is 25.1 Å². The molecule has 1 heteroatoms. The number of rotatable bonds is 0. The number of hydrogen-bond donors (Lipinski definition) is 1. The highest BCUT2D eigenvalue weighted by molar-refractivity contribution is 7.84. The van der Waals surface area contributed by atoms with Gasteiger partial charge in [0.15, 0.2) is 0 Å². The fraction of sp³-hybridized carbons (Fsp3) is 0.167. The molecule has 0 spiro atoms. The Morgan fingerprint density at radius 2 is 2.43 bits per heavy atom. The SMILES string of the molecule is SC1=CC=CC[CH]1. The molecule has 0 heterocycles. The second-order valence-corrected chi connectivity index (χ2v) is 1.98. The van der Waals surface area contributed by atoms with E-state index in [4.69, 9.17) is 0 Å². The Hall–Kier alpha value is -0.170. The molecule has 0 nitrogen and oxygen atoms in total. The molecule has 0 aromatic heterocycles. The molecule has 0 fully saturated rings. The summed E-state index contributed by atoms with van der Waals surface area (Å²) in [5.41, 5.74) is 0. The average Bonchev–Trinajstić information content (AvgIpc) is 1.69. The van der Waals surface area contributed by atoms with Gasteiger partial charge < -0.3 is 0 Å². The summed E-state index contributed by atoms with van der Waals surface area (Å²) in [4.78, 5) is 1.07. The van der Waals surface area contributed by atoms with Crippen molar-refractivity contribution >= 4 is 12.6 Å². The van der Waals surface area contributed by atoms with E-state index < -0.39 is 0 Å². The van der Waals surface area contributed by atoms with E-state index in [1.807, 2.05) is 12.2 Å². The van der Waals surface area contributed by atoms with E-state index in [1.165, 1.54) is 0 Å². The van der Waals surface area contributed by atoms with Crippen LogP contribution >= 0.6 is 12.6 Å². The molecular weight excluding hydrogens is 104 g/mol. The van der Waals surface area contributed by atoms with Gasteiger partial charge in [-0.2, -0.15) is 0 Å². The molecule has 0 bridgehead atoms. The third-order valence-electron chi connectivity index (χ3n) is 0.866. The maximum Gasteiger partial charge on any atom is 0.000691 e.